The van der Waals surface area contributed by atoms with Crippen LogP contribution < -0.4 is 9.46 Å². The second kappa shape index (κ2) is 8.70. The molecule has 4 nitrogen and oxygen atoms in total. The van der Waals surface area contributed by atoms with E-state index in [4.69, 9.17) is 4.74 Å². The zero-order valence-corrected chi connectivity index (χ0v) is 14.2. The Labute approximate surface area is 138 Å². The van der Waals surface area contributed by atoms with Crippen molar-refractivity contribution < 1.29 is 13.2 Å². The molecule has 0 bridgehead atoms. The summed E-state index contributed by atoms with van der Waals surface area (Å²) >= 11 is 0. The van der Waals surface area contributed by atoms with E-state index in [0.717, 1.165) is 24.2 Å². The number of rotatable bonds is 9. The van der Waals surface area contributed by atoms with Crippen LogP contribution in [0.1, 0.15) is 17.5 Å². The molecule has 0 aromatic heterocycles. The monoisotopic (exact) mass is 333 g/mol. The van der Waals surface area contributed by atoms with E-state index in [2.05, 4.69) is 4.72 Å². The summed E-state index contributed by atoms with van der Waals surface area (Å²) in [4.78, 5) is 0. The highest BCUT2D eigenvalue weighted by molar-refractivity contribution is 7.89. The zero-order valence-electron chi connectivity index (χ0n) is 13.4. The maximum atomic E-state index is 12.0. The predicted molar refractivity (Wildman–Crippen MR) is 93.3 cm³/mol. The number of methoxy groups -OCH3 is 1. The predicted octanol–water partition coefficient (Wildman–Crippen LogP) is 2.79. The van der Waals surface area contributed by atoms with Crippen molar-refractivity contribution in [2.45, 2.75) is 19.3 Å². The van der Waals surface area contributed by atoms with Crippen molar-refractivity contribution in [2.75, 3.05) is 19.4 Å². The number of nitrogens with one attached hydrogen (secondary N) is 1. The first-order valence-electron chi connectivity index (χ1n) is 7.73. The fourth-order valence-electron chi connectivity index (χ4n) is 2.28. The van der Waals surface area contributed by atoms with Crippen LogP contribution in [0.5, 0.6) is 5.75 Å². The minimum absolute atomic E-state index is 0.125. The van der Waals surface area contributed by atoms with Gasteiger partial charge < -0.3 is 4.74 Å². The highest BCUT2D eigenvalue weighted by Gasteiger charge is 2.09. The lowest BCUT2D eigenvalue weighted by atomic mass is 10.1. The lowest BCUT2D eigenvalue weighted by Crippen LogP contribution is -2.28. The normalized spacial score (nSPS) is 11.3. The Balaban J connectivity index is 1.69. The van der Waals surface area contributed by atoms with Crippen LogP contribution in [0.2, 0.25) is 0 Å². The minimum Gasteiger partial charge on any atom is -0.497 e. The van der Waals surface area contributed by atoms with Gasteiger partial charge in [-0.15, -0.1) is 0 Å². The Bertz CT molecular complexity index is 682. The van der Waals surface area contributed by atoms with E-state index in [1.807, 2.05) is 54.6 Å². The number of ether oxygens (including phenoxy) is 1. The molecule has 0 saturated carbocycles. The van der Waals surface area contributed by atoms with E-state index in [-0.39, 0.29) is 5.75 Å². The lowest BCUT2D eigenvalue weighted by molar-refractivity contribution is 0.414. The third-order valence-corrected chi connectivity index (χ3v) is 5.01. The standard InChI is InChI=1S/C18H23NO3S/c1-22-18-11-9-17(10-12-18)8-5-14-19-23(20,21)15-13-16-6-3-2-4-7-16/h2-4,6-7,9-12,19H,5,8,13-15H2,1H3. The van der Waals surface area contributed by atoms with Gasteiger partial charge in [0.15, 0.2) is 0 Å². The lowest BCUT2D eigenvalue weighted by Gasteiger charge is -2.07. The fraction of sp³-hybridized carbons (Fsp3) is 0.333. The molecule has 0 atom stereocenters. The van der Waals surface area contributed by atoms with E-state index in [1.54, 1.807) is 7.11 Å². The van der Waals surface area contributed by atoms with Crippen LogP contribution in [0.3, 0.4) is 0 Å². The van der Waals surface area contributed by atoms with Crippen molar-refractivity contribution in [3.05, 3.63) is 65.7 Å². The first-order valence-corrected chi connectivity index (χ1v) is 9.38. The van der Waals surface area contributed by atoms with Gasteiger partial charge in [-0.25, -0.2) is 13.1 Å². The van der Waals surface area contributed by atoms with Crippen molar-refractivity contribution >= 4 is 10.0 Å². The van der Waals surface area contributed by atoms with E-state index in [1.165, 1.54) is 5.56 Å². The Morgan fingerprint density at radius 1 is 0.913 bits per heavy atom. The van der Waals surface area contributed by atoms with Crippen molar-refractivity contribution in [1.82, 2.24) is 4.72 Å². The van der Waals surface area contributed by atoms with Gasteiger partial charge in [-0.05, 0) is 42.5 Å². The summed E-state index contributed by atoms with van der Waals surface area (Å²) in [6.07, 6.45) is 2.15. The third kappa shape index (κ3) is 6.42. The van der Waals surface area contributed by atoms with Gasteiger partial charge in [0.25, 0.3) is 0 Å². The average Bonchev–Trinajstić information content (AvgIpc) is 2.58. The molecule has 0 amide bonds. The Kier molecular flexibility index (Phi) is 6.62. The molecule has 2 rings (SSSR count). The number of hydrogen-bond donors (Lipinski definition) is 1. The van der Waals surface area contributed by atoms with E-state index in [9.17, 15) is 8.42 Å². The largest absolute Gasteiger partial charge is 0.497 e. The van der Waals surface area contributed by atoms with Crippen molar-refractivity contribution in [3.63, 3.8) is 0 Å². The van der Waals surface area contributed by atoms with Gasteiger partial charge in [0, 0.05) is 6.54 Å². The van der Waals surface area contributed by atoms with Gasteiger partial charge in [0.05, 0.1) is 12.9 Å². The maximum Gasteiger partial charge on any atom is 0.211 e. The summed E-state index contributed by atoms with van der Waals surface area (Å²) in [5.41, 5.74) is 2.21. The molecule has 0 saturated heterocycles. The third-order valence-electron chi connectivity index (χ3n) is 3.63. The Morgan fingerprint density at radius 3 is 2.22 bits per heavy atom. The molecule has 23 heavy (non-hydrogen) atoms. The zero-order chi connectivity index (χ0) is 16.5. The van der Waals surface area contributed by atoms with Crippen LogP contribution in [0, 0.1) is 0 Å². The topological polar surface area (TPSA) is 55.4 Å². The van der Waals surface area contributed by atoms with Gasteiger partial charge in [0.2, 0.25) is 10.0 Å². The summed E-state index contributed by atoms with van der Waals surface area (Å²) < 4.78 is 31.7. The van der Waals surface area contributed by atoms with Crippen LogP contribution in [-0.4, -0.2) is 27.8 Å². The number of hydrogen-bond acceptors (Lipinski definition) is 3. The molecule has 0 aliphatic rings. The van der Waals surface area contributed by atoms with Crippen molar-refractivity contribution in [2.24, 2.45) is 0 Å². The molecule has 5 heteroatoms. The molecule has 0 unspecified atom stereocenters. The quantitative estimate of drug-likeness (QED) is 0.718. The van der Waals surface area contributed by atoms with Gasteiger partial charge in [-0.3, -0.25) is 0 Å². The van der Waals surface area contributed by atoms with Crippen molar-refractivity contribution in [3.8, 4) is 5.75 Å². The van der Waals surface area contributed by atoms with Gasteiger partial charge >= 0.3 is 0 Å². The number of sulfonamides is 1. The van der Waals surface area contributed by atoms with Crippen LogP contribution in [0.4, 0.5) is 0 Å². The van der Waals surface area contributed by atoms with Crippen molar-refractivity contribution in [1.29, 1.82) is 0 Å². The number of aryl methyl sites for hydroxylation is 2. The van der Waals surface area contributed by atoms with Gasteiger partial charge in [-0.1, -0.05) is 42.5 Å². The molecule has 0 spiro atoms. The molecule has 0 radical (unpaired) electrons. The maximum absolute atomic E-state index is 12.0. The second-order valence-electron chi connectivity index (χ2n) is 5.40. The number of benzene rings is 2. The summed E-state index contributed by atoms with van der Waals surface area (Å²) in [5.74, 6) is 0.954. The summed E-state index contributed by atoms with van der Waals surface area (Å²) in [6.45, 7) is 0.461. The molecule has 1 N–H and O–H groups in total. The molecule has 0 aliphatic carbocycles. The van der Waals surface area contributed by atoms with Crippen LogP contribution >= 0.6 is 0 Å². The average molecular weight is 333 g/mol. The van der Waals surface area contributed by atoms with E-state index < -0.39 is 10.0 Å². The highest BCUT2D eigenvalue weighted by Crippen LogP contribution is 2.12. The summed E-state index contributed by atoms with van der Waals surface area (Å²) in [6, 6.07) is 17.5. The smallest absolute Gasteiger partial charge is 0.211 e. The van der Waals surface area contributed by atoms with E-state index >= 15 is 0 Å². The molecule has 0 fully saturated rings. The molecule has 2 aromatic carbocycles. The summed E-state index contributed by atoms with van der Waals surface area (Å²) in [7, 11) is -1.58. The minimum atomic E-state index is -3.21. The molecule has 124 valence electrons. The van der Waals surface area contributed by atoms with Gasteiger partial charge in [0.1, 0.15) is 5.75 Å². The molecular weight excluding hydrogens is 310 g/mol. The van der Waals surface area contributed by atoms with Crippen LogP contribution in [0.15, 0.2) is 54.6 Å². The molecular formula is C18H23NO3S. The fourth-order valence-corrected chi connectivity index (χ4v) is 3.39. The summed E-state index contributed by atoms with van der Waals surface area (Å²) in [5, 5.41) is 0. The van der Waals surface area contributed by atoms with E-state index in [0.29, 0.717) is 13.0 Å². The van der Waals surface area contributed by atoms with Crippen LogP contribution in [0.25, 0.3) is 0 Å². The highest BCUT2D eigenvalue weighted by atomic mass is 32.2. The second-order valence-corrected chi connectivity index (χ2v) is 7.33. The van der Waals surface area contributed by atoms with Crippen LogP contribution in [-0.2, 0) is 22.9 Å². The first-order chi connectivity index (χ1) is 11.1. The molecule has 0 aliphatic heterocycles. The Morgan fingerprint density at radius 2 is 1.57 bits per heavy atom. The first kappa shape index (κ1) is 17.5. The SMILES string of the molecule is COc1ccc(CCCNS(=O)(=O)CCc2ccccc2)cc1. The van der Waals surface area contributed by atoms with Gasteiger partial charge in [-0.2, -0.15) is 0 Å². The molecule has 0 heterocycles. The molecule has 2 aromatic rings. The Hall–Kier alpha value is -1.85.